The van der Waals surface area contributed by atoms with Crippen LogP contribution in [0.1, 0.15) is 17.4 Å². The van der Waals surface area contributed by atoms with Gasteiger partial charge in [-0.1, -0.05) is 30.3 Å². The highest BCUT2D eigenvalue weighted by atomic mass is 35.5. The lowest BCUT2D eigenvalue weighted by Gasteiger charge is -2.09. The summed E-state index contributed by atoms with van der Waals surface area (Å²) in [5.74, 6) is 0.821. The molecule has 0 saturated carbocycles. The maximum atomic E-state index is 6.00. The van der Waals surface area contributed by atoms with Crippen molar-refractivity contribution in [2.24, 2.45) is 5.73 Å². The predicted molar refractivity (Wildman–Crippen MR) is 60.7 cm³/mol. The number of hydrogen-bond acceptors (Lipinski definition) is 3. The highest BCUT2D eigenvalue weighted by Gasteiger charge is 2.07. The second-order valence-corrected chi connectivity index (χ2v) is 3.15. The van der Waals surface area contributed by atoms with Crippen LogP contribution in [0.15, 0.2) is 36.7 Å². The molecule has 1 atom stereocenters. The summed E-state index contributed by atoms with van der Waals surface area (Å²) < 4.78 is 0. The van der Waals surface area contributed by atoms with E-state index in [1.165, 1.54) is 6.33 Å². The Balaban J connectivity index is 0.00000112. The molecule has 0 aliphatic rings. The zero-order chi connectivity index (χ0) is 9.80. The highest BCUT2D eigenvalue weighted by Crippen LogP contribution is 2.12. The van der Waals surface area contributed by atoms with Crippen molar-refractivity contribution in [3.05, 3.63) is 48.0 Å². The summed E-state index contributed by atoms with van der Waals surface area (Å²) >= 11 is 0. The first-order chi connectivity index (χ1) is 6.86. The van der Waals surface area contributed by atoms with Crippen LogP contribution in [0.4, 0.5) is 0 Å². The number of benzene rings is 1. The molecule has 1 unspecified atom stereocenters. The number of aromatic amines is 1. The minimum absolute atomic E-state index is 0. The molecule has 2 rings (SSSR count). The lowest BCUT2D eigenvalue weighted by molar-refractivity contribution is 0.690. The average molecular weight is 225 g/mol. The molecule has 5 heteroatoms. The van der Waals surface area contributed by atoms with Gasteiger partial charge < -0.3 is 5.73 Å². The number of halogens is 1. The summed E-state index contributed by atoms with van der Waals surface area (Å²) in [4.78, 5) is 4.04. The van der Waals surface area contributed by atoms with Gasteiger partial charge in [0.15, 0.2) is 0 Å². The SMILES string of the molecule is Cl.NC(Cc1ncn[nH]1)c1ccccc1. The fraction of sp³-hybridized carbons (Fsp3) is 0.200. The lowest BCUT2D eigenvalue weighted by Crippen LogP contribution is -2.13. The van der Waals surface area contributed by atoms with E-state index in [-0.39, 0.29) is 18.4 Å². The van der Waals surface area contributed by atoms with Gasteiger partial charge in [0.05, 0.1) is 0 Å². The largest absolute Gasteiger partial charge is 0.324 e. The number of aromatic nitrogens is 3. The highest BCUT2D eigenvalue weighted by molar-refractivity contribution is 5.85. The number of H-pyrrole nitrogens is 1. The Morgan fingerprint density at radius 2 is 2.00 bits per heavy atom. The van der Waals surface area contributed by atoms with Crippen LogP contribution >= 0.6 is 12.4 Å². The molecule has 80 valence electrons. The summed E-state index contributed by atoms with van der Waals surface area (Å²) in [5.41, 5.74) is 7.11. The summed E-state index contributed by atoms with van der Waals surface area (Å²) in [5, 5.41) is 6.57. The monoisotopic (exact) mass is 224 g/mol. The van der Waals surface area contributed by atoms with E-state index >= 15 is 0 Å². The molecule has 0 saturated heterocycles. The average Bonchev–Trinajstić information content (AvgIpc) is 2.72. The van der Waals surface area contributed by atoms with Gasteiger partial charge in [0.2, 0.25) is 0 Å². The van der Waals surface area contributed by atoms with Crippen molar-refractivity contribution in [2.75, 3.05) is 0 Å². The second-order valence-electron chi connectivity index (χ2n) is 3.15. The van der Waals surface area contributed by atoms with E-state index in [1.54, 1.807) is 0 Å². The van der Waals surface area contributed by atoms with E-state index in [9.17, 15) is 0 Å². The number of hydrogen-bond donors (Lipinski definition) is 2. The van der Waals surface area contributed by atoms with Crippen molar-refractivity contribution < 1.29 is 0 Å². The van der Waals surface area contributed by atoms with Crippen LogP contribution in [-0.4, -0.2) is 15.2 Å². The quantitative estimate of drug-likeness (QED) is 0.830. The third-order valence-electron chi connectivity index (χ3n) is 2.11. The Kier molecular flexibility index (Phi) is 4.27. The van der Waals surface area contributed by atoms with Gasteiger partial charge in [-0.05, 0) is 5.56 Å². The lowest BCUT2D eigenvalue weighted by atomic mass is 10.0. The van der Waals surface area contributed by atoms with Gasteiger partial charge in [-0.3, -0.25) is 5.10 Å². The summed E-state index contributed by atoms with van der Waals surface area (Å²) in [7, 11) is 0. The molecule has 15 heavy (non-hydrogen) atoms. The first kappa shape index (κ1) is 11.7. The Hall–Kier alpha value is -1.39. The Morgan fingerprint density at radius 3 is 2.60 bits per heavy atom. The van der Waals surface area contributed by atoms with Crippen LogP contribution in [-0.2, 0) is 6.42 Å². The Bertz CT molecular complexity index is 374. The molecular weight excluding hydrogens is 212 g/mol. The molecule has 1 aromatic carbocycles. The summed E-state index contributed by atoms with van der Waals surface area (Å²) in [6, 6.07) is 9.95. The predicted octanol–water partition coefficient (Wildman–Crippen LogP) is 1.47. The molecule has 1 aromatic heterocycles. The molecule has 3 N–H and O–H groups in total. The van der Waals surface area contributed by atoms with Crippen LogP contribution in [0.5, 0.6) is 0 Å². The van der Waals surface area contributed by atoms with E-state index in [0.717, 1.165) is 11.4 Å². The Labute approximate surface area is 94.3 Å². The van der Waals surface area contributed by atoms with E-state index < -0.39 is 0 Å². The van der Waals surface area contributed by atoms with Crippen molar-refractivity contribution in [3.63, 3.8) is 0 Å². The van der Waals surface area contributed by atoms with Crippen LogP contribution in [0, 0.1) is 0 Å². The van der Waals surface area contributed by atoms with Crippen molar-refractivity contribution >= 4 is 12.4 Å². The van der Waals surface area contributed by atoms with Gasteiger partial charge in [0.25, 0.3) is 0 Å². The molecule has 4 nitrogen and oxygen atoms in total. The molecule has 0 radical (unpaired) electrons. The standard InChI is InChI=1S/C10H12N4.ClH/c11-9(6-10-12-7-13-14-10)8-4-2-1-3-5-8;/h1-5,7,9H,6,11H2,(H,12,13,14);1H. The smallest absolute Gasteiger partial charge is 0.137 e. The van der Waals surface area contributed by atoms with Crippen molar-refractivity contribution in [1.82, 2.24) is 15.2 Å². The number of nitrogens with zero attached hydrogens (tertiary/aromatic N) is 2. The first-order valence-corrected chi connectivity index (χ1v) is 4.51. The molecule has 0 spiro atoms. The van der Waals surface area contributed by atoms with Crippen molar-refractivity contribution in [2.45, 2.75) is 12.5 Å². The third kappa shape index (κ3) is 3.04. The minimum Gasteiger partial charge on any atom is -0.324 e. The van der Waals surface area contributed by atoms with Crippen LogP contribution in [0.25, 0.3) is 0 Å². The molecule has 0 fully saturated rings. The molecule has 0 aliphatic carbocycles. The fourth-order valence-electron chi connectivity index (χ4n) is 1.36. The molecule has 0 amide bonds. The van der Waals surface area contributed by atoms with Gasteiger partial charge in [0.1, 0.15) is 12.2 Å². The van der Waals surface area contributed by atoms with Crippen LogP contribution in [0.3, 0.4) is 0 Å². The van der Waals surface area contributed by atoms with Crippen molar-refractivity contribution in [3.8, 4) is 0 Å². The van der Waals surface area contributed by atoms with E-state index in [0.29, 0.717) is 6.42 Å². The zero-order valence-electron chi connectivity index (χ0n) is 8.13. The molecular formula is C10H13ClN4. The fourth-order valence-corrected chi connectivity index (χ4v) is 1.36. The third-order valence-corrected chi connectivity index (χ3v) is 2.11. The Morgan fingerprint density at radius 1 is 1.27 bits per heavy atom. The zero-order valence-corrected chi connectivity index (χ0v) is 8.95. The van der Waals surface area contributed by atoms with Gasteiger partial charge in [-0.2, -0.15) is 5.10 Å². The molecule has 0 aliphatic heterocycles. The van der Waals surface area contributed by atoms with Crippen molar-refractivity contribution in [1.29, 1.82) is 0 Å². The number of nitrogens with two attached hydrogens (primary N) is 1. The van der Waals surface area contributed by atoms with E-state index in [4.69, 9.17) is 5.73 Å². The number of rotatable bonds is 3. The molecule has 2 aromatic rings. The maximum Gasteiger partial charge on any atom is 0.137 e. The van der Waals surface area contributed by atoms with Gasteiger partial charge in [-0.15, -0.1) is 12.4 Å². The summed E-state index contributed by atoms with van der Waals surface area (Å²) in [6.07, 6.45) is 2.18. The normalized spacial score (nSPS) is 11.8. The van der Waals surface area contributed by atoms with Gasteiger partial charge in [0, 0.05) is 12.5 Å². The maximum absolute atomic E-state index is 6.00. The van der Waals surface area contributed by atoms with E-state index in [2.05, 4.69) is 15.2 Å². The topological polar surface area (TPSA) is 67.6 Å². The van der Waals surface area contributed by atoms with E-state index in [1.807, 2.05) is 30.3 Å². The second kappa shape index (κ2) is 5.48. The first-order valence-electron chi connectivity index (χ1n) is 4.51. The minimum atomic E-state index is -0.0239. The number of nitrogens with one attached hydrogen (secondary N) is 1. The summed E-state index contributed by atoms with van der Waals surface area (Å²) in [6.45, 7) is 0. The van der Waals surface area contributed by atoms with Gasteiger partial charge in [-0.25, -0.2) is 4.98 Å². The molecule has 0 bridgehead atoms. The van der Waals surface area contributed by atoms with Crippen LogP contribution in [0.2, 0.25) is 0 Å². The molecule has 1 heterocycles. The van der Waals surface area contributed by atoms with Gasteiger partial charge >= 0.3 is 0 Å². The van der Waals surface area contributed by atoms with Crippen LogP contribution < -0.4 is 5.73 Å².